The molecule has 3 rings (SSSR count). The van der Waals surface area contributed by atoms with E-state index in [4.69, 9.17) is 10.7 Å². The van der Waals surface area contributed by atoms with Gasteiger partial charge in [-0.05, 0) is 74.1 Å². The van der Waals surface area contributed by atoms with E-state index >= 15 is 0 Å². The number of rotatable bonds is 8. The Morgan fingerprint density at radius 3 is 1.98 bits per heavy atom. The molecule has 0 saturated heterocycles. The van der Waals surface area contributed by atoms with Gasteiger partial charge in [-0.3, -0.25) is 0 Å². The molecule has 1 unspecified atom stereocenters. The largest absolute Gasteiger partial charge is 0.397 e. The Morgan fingerprint density at radius 2 is 1.52 bits per heavy atom. The second-order valence-corrected chi connectivity index (χ2v) is 9.62. The van der Waals surface area contributed by atoms with Crippen LogP contribution in [0, 0.1) is 12.8 Å². The van der Waals surface area contributed by atoms with Gasteiger partial charge in [-0.25, -0.2) is 4.99 Å². The molecular formula is C39H67N5. The smallest absolute Gasteiger partial charge is 0.132 e. The molecule has 0 aromatic heterocycles. The number of benzene rings is 1. The predicted octanol–water partition coefficient (Wildman–Crippen LogP) is 10.5. The highest BCUT2D eigenvalue weighted by Crippen LogP contribution is 2.33. The molecule has 0 saturated carbocycles. The van der Waals surface area contributed by atoms with E-state index in [0.29, 0.717) is 12.5 Å². The average molecular weight is 606 g/mol. The molecule has 44 heavy (non-hydrogen) atoms. The Labute approximate surface area is 273 Å². The SMILES string of the molecule is C=C(C)C1=CC(C(=C)NCc2ccc(C)c(CNC3=C(N)C(=C)C3C)c2)=NC(=C(C)C)N1C.C=CC.CC.CC.CC.CC. The van der Waals surface area contributed by atoms with Gasteiger partial charge in [0.25, 0.3) is 0 Å². The molecule has 5 heteroatoms. The summed E-state index contributed by atoms with van der Waals surface area (Å²) in [5.74, 6) is 1.23. The Hall–Kier alpha value is -3.73. The van der Waals surface area contributed by atoms with Crippen LogP contribution in [-0.4, -0.2) is 17.7 Å². The van der Waals surface area contributed by atoms with Crippen molar-refractivity contribution < 1.29 is 0 Å². The number of aryl methyl sites for hydroxylation is 1. The minimum absolute atomic E-state index is 0.302. The lowest BCUT2D eigenvalue weighted by Crippen LogP contribution is -2.33. The van der Waals surface area contributed by atoms with Gasteiger partial charge in [-0.1, -0.05) is 106 Å². The number of hydrogen-bond acceptors (Lipinski definition) is 5. The molecule has 248 valence electrons. The highest BCUT2D eigenvalue weighted by molar-refractivity contribution is 6.09. The van der Waals surface area contributed by atoms with Crippen molar-refractivity contribution in [3.8, 4) is 0 Å². The third kappa shape index (κ3) is 13.3. The van der Waals surface area contributed by atoms with Crippen molar-refractivity contribution in [1.29, 1.82) is 0 Å². The molecule has 1 atom stereocenters. The lowest BCUT2D eigenvalue weighted by molar-refractivity contribution is 0.510. The fraction of sp³-hybridized carbons (Fsp3) is 0.462. The zero-order valence-electron chi connectivity index (χ0n) is 31.2. The van der Waals surface area contributed by atoms with Crippen molar-refractivity contribution >= 4 is 5.71 Å². The summed E-state index contributed by atoms with van der Waals surface area (Å²) >= 11 is 0. The fourth-order valence-corrected chi connectivity index (χ4v) is 4.07. The van der Waals surface area contributed by atoms with Gasteiger partial charge < -0.3 is 21.3 Å². The normalized spacial score (nSPS) is 14.2. The molecule has 4 N–H and O–H groups in total. The van der Waals surface area contributed by atoms with E-state index in [2.05, 4.69) is 87.7 Å². The molecule has 1 aromatic rings. The van der Waals surface area contributed by atoms with Gasteiger partial charge in [0.2, 0.25) is 0 Å². The lowest BCUT2D eigenvalue weighted by Gasteiger charge is -2.32. The van der Waals surface area contributed by atoms with E-state index < -0.39 is 0 Å². The Kier molecular flexibility index (Phi) is 25.1. The molecule has 1 aliphatic heterocycles. The summed E-state index contributed by atoms with van der Waals surface area (Å²) in [6.07, 6.45) is 3.79. The minimum atomic E-state index is 0.302. The van der Waals surface area contributed by atoms with Crippen molar-refractivity contribution in [1.82, 2.24) is 15.5 Å². The zero-order valence-corrected chi connectivity index (χ0v) is 31.2. The summed E-state index contributed by atoms with van der Waals surface area (Å²) in [4.78, 5) is 6.91. The van der Waals surface area contributed by atoms with Gasteiger partial charge in [0.15, 0.2) is 0 Å². The molecule has 0 radical (unpaired) electrons. The number of nitrogens with zero attached hydrogens (tertiary/aromatic N) is 2. The minimum Gasteiger partial charge on any atom is -0.397 e. The van der Waals surface area contributed by atoms with E-state index in [-0.39, 0.29) is 0 Å². The van der Waals surface area contributed by atoms with Crippen molar-refractivity contribution in [2.24, 2.45) is 16.6 Å². The van der Waals surface area contributed by atoms with Gasteiger partial charge in [0.05, 0.1) is 17.1 Å². The van der Waals surface area contributed by atoms with Crippen molar-refractivity contribution in [2.75, 3.05) is 7.05 Å². The maximum Gasteiger partial charge on any atom is 0.132 e. The number of likely N-dealkylation sites (N-methyl/N-ethyl adjacent to an activating group) is 1. The van der Waals surface area contributed by atoms with Crippen LogP contribution in [0.25, 0.3) is 0 Å². The van der Waals surface area contributed by atoms with Crippen LogP contribution in [0.4, 0.5) is 0 Å². The molecule has 2 aliphatic rings. The fourth-order valence-electron chi connectivity index (χ4n) is 4.07. The maximum absolute atomic E-state index is 6.08. The van der Waals surface area contributed by atoms with Crippen molar-refractivity contribution in [2.45, 2.75) is 110 Å². The maximum atomic E-state index is 6.08. The highest BCUT2D eigenvalue weighted by atomic mass is 15.2. The molecule has 0 spiro atoms. The van der Waals surface area contributed by atoms with Gasteiger partial charge in [0.1, 0.15) is 5.82 Å². The van der Waals surface area contributed by atoms with Crippen LogP contribution in [0.15, 0.2) is 107 Å². The predicted molar refractivity (Wildman–Crippen MR) is 201 cm³/mol. The molecule has 1 aromatic carbocycles. The Morgan fingerprint density at radius 1 is 1.00 bits per heavy atom. The van der Waals surface area contributed by atoms with E-state index in [1.54, 1.807) is 6.08 Å². The first-order valence-electron chi connectivity index (χ1n) is 16.3. The number of nitrogens with two attached hydrogens (primary N) is 1. The summed E-state index contributed by atoms with van der Waals surface area (Å²) in [6.45, 7) is 45.4. The number of aliphatic imine (C=N–C) groups is 1. The Bertz CT molecular complexity index is 1190. The van der Waals surface area contributed by atoms with E-state index in [0.717, 1.165) is 57.6 Å². The first kappa shape index (κ1) is 44.7. The first-order valence-corrected chi connectivity index (χ1v) is 16.3. The first-order chi connectivity index (χ1) is 20.9. The van der Waals surface area contributed by atoms with E-state index in [9.17, 15) is 0 Å². The van der Waals surface area contributed by atoms with Crippen LogP contribution in [-0.2, 0) is 13.1 Å². The van der Waals surface area contributed by atoms with Crippen LogP contribution in [0.3, 0.4) is 0 Å². The van der Waals surface area contributed by atoms with Crippen LogP contribution in [0.1, 0.15) is 107 Å². The monoisotopic (exact) mass is 606 g/mol. The van der Waals surface area contributed by atoms with Gasteiger partial charge in [0, 0.05) is 37.4 Å². The zero-order chi connectivity index (χ0) is 35.2. The molecule has 1 aliphatic carbocycles. The lowest BCUT2D eigenvalue weighted by atomic mass is 9.83. The van der Waals surface area contributed by atoms with Gasteiger partial charge in [-0.2, -0.15) is 0 Å². The second kappa shape index (κ2) is 24.7. The van der Waals surface area contributed by atoms with Gasteiger partial charge >= 0.3 is 0 Å². The molecule has 5 nitrogen and oxygen atoms in total. The third-order valence-corrected chi connectivity index (χ3v) is 6.35. The molecule has 1 heterocycles. The topological polar surface area (TPSA) is 65.7 Å². The van der Waals surface area contributed by atoms with Crippen LogP contribution < -0.4 is 16.4 Å². The molecule has 0 amide bonds. The number of hydrogen-bond donors (Lipinski definition) is 3. The summed E-state index contributed by atoms with van der Waals surface area (Å²) in [6, 6.07) is 6.53. The van der Waals surface area contributed by atoms with Crippen LogP contribution in [0.5, 0.6) is 0 Å². The van der Waals surface area contributed by atoms with E-state index in [1.165, 1.54) is 16.7 Å². The average Bonchev–Trinajstić information content (AvgIpc) is 3.04. The summed E-state index contributed by atoms with van der Waals surface area (Å²) < 4.78 is 0. The summed E-state index contributed by atoms with van der Waals surface area (Å²) in [5, 5.41) is 6.95. The van der Waals surface area contributed by atoms with Crippen molar-refractivity contribution in [3.05, 3.63) is 119 Å². The number of allylic oxidation sites excluding steroid dienone is 6. The van der Waals surface area contributed by atoms with Crippen LogP contribution >= 0.6 is 0 Å². The Balaban J connectivity index is -0.00000136. The highest BCUT2D eigenvalue weighted by Gasteiger charge is 2.27. The standard InChI is InChI=1S/C28H37N5.C3H6.4C2H6/c1-16(2)25-13-24(32-28(17(3)4)33(25)9)21(8)30-14-22-11-10-18(5)23(12-22)15-31-27-20(7)19(6)26(27)29;1-3-2;4*1-2/h10-13,20,30-31H,1,6,8,14-15,29H2,2-5,7,9H3;3H,1H2,2H3;4*1-2H3. The molecule has 0 fully saturated rings. The quantitative estimate of drug-likeness (QED) is 0.258. The van der Waals surface area contributed by atoms with Crippen LogP contribution in [0.2, 0.25) is 0 Å². The van der Waals surface area contributed by atoms with E-state index in [1.807, 2.05) is 82.4 Å². The second-order valence-electron chi connectivity index (χ2n) is 9.62. The molecular weight excluding hydrogens is 538 g/mol. The molecule has 0 bridgehead atoms. The summed E-state index contributed by atoms with van der Waals surface area (Å²) in [7, 11) is 2.02. The van der Waals surface area contributed by atoms with Gasteiger partial charge in [-0.15, -0.1) is 6.58 Å². The van der Waals surface area contributed by atoms with Crippen molar-refractivity contribution in [3.63, 3.8) is 0 Å². The third-order valence-electron chi connectivity index (χ3n) is 6.35. The summed E-state index contributed by atoms with van der Waals surface area (Å²) in [5.41, 5.74) is 17.5. The number of nitrogens with one attached hydrogen (secondary N) is 2.